The number of rotatable bonds is 3. The molecule has 88 valence electrons. The van der Waals surface area contributed by atoms with Crippen LogP contribution in [0, 0.1) is 0 Å². The Morgan fingerprint density at radius 1 is 1.53 bits per heavy atom. The summed E-state index contributed by atoms with van der Waals surface area (Å²) in [7, 11) is 1.70. The van der Waals surface area contributed by atoms with E-state index in [0.717, 1.165) is 5.56 Å². The van der Waals surface area contributed by atoms with E-state index in [1.165, 1.54) is 4.57 Å². The van der Waals surface area contributed by atoms with Crippen molar-refractivity contribution >= 4 is 17.2 Å². The number of pyridine rings is 1. The molecule has 5 nitrogen and oxygen atoms in total. The van der Waals surface area contributed by atoms with Crippen molar-refractivity contribution < 1.29 is 0 Å². The normalized spacial score (nSPS) is 10.4. The third-order valence-electron chi connectivity index (χ3n) is 2.48. The number of thiocarbonyl (C=S) groups is 1. The lowest BCUT2D eigenvalue weighted by Crippen LogP contribution is -2.24. The van der Waals surface area contributed by atoms with Crippen LogP contribution < -0.4 is 11.4 Å². The smallest absolute Gasteiger partial charge is 0.328 e. The molecule has 2 rings (SSSR count). The number of aryl methyl sites for hydroxylation is 1. The lowest BCUT2D eigenvalue weighted by molar-refractivity contribution is 0.715. The minimum atomic E-state index is -0.0808. The maximum atomic E-state index is 11.7. The number of hydrogen-bond acceptors (Lipinski definition) is 3. The average Bonchev–Trinajstić information content (AvgIpc) is 2.61. The second-order valence-corrected chi connectivity index (χ2v) is 4.13. The van der Waals surface area contributed by atoms with Gasteiger partial charge in [-0.2, -0.15) is 0 Å². The van der Waals surface area contributed by atoms with Crippen LogP contribution >= 0.6 is 12.2 Å². The van der Waals surface area contributed by atoms with Gasteiger partial charge in [-0.25, -0.2) is 4.79 Å². The first-order chi connectivity index (χ1) is 8.09. The van der Waals surface area contributed by atoms with Crippen LogP contribution in [0.3, 0.4) is 0 Å². The number of aromatic nitrogens is 3. The maximum absolute atomic E-state index is 11.7. The van der Waals surface area contributed by atoms with E-state index < -0.39 is 0 Å². The second-order valence-electron chi connectivity index (χ2n) is 3.69. The minimum Gasteiger partial charge on any atom is -0.388 e. The van der Waals surface area contributed by atoms with Crippen LogP contribution in [-0.2, 0) is 13.6 Å². The summed E-state index contributed by atoms with van der Waals surface area (Å²) in [5, 5.41) is 0. The molecule has 0 saturated heterocycles. The minimum absolute atomic E-state index is 0.0808. The molecule has 2 N–H and O–H groups in total. The van der Waals surface area contributed by atoms with Crippen LogP contribution in [0.2, 0.25) is 0 Å². The number of nitrogens with two attached hydrogens (primary N) is 1. The molecule has 0 aliphatic carbocycles. The summed E-state index contributed by atoms with van der Waals surface area (Å²) in [5.41, 5.74) is 6.92. The van der Waals surface area contributed by atoms with Gasteiger partial charge >= 0.3 is 5.69 Å². The van der Waals surface area contributed by atoms with E-state index >= 15 is 0 Å². The van der Waals surface area contributed by atoms with Crippen molar-refractivity contribution in [3.8, 4) is 0 Å². The summed E-state index contributed by atoms with van der Waals surface area (Å²) in [6.45, 7) is 0.417. The molecular weight excluding hydrogens is 236 g/mol. The van der Waals surface area contributed by atoms with Crippen LogP contribution in [-0.4, -0.2) is 19.1 Å². The van der Waals surface area contributed by atoms with E-state index in [9.17, 15) is 4.79 Å². The summed E-state index contributed by atoms with van der Waals surface area (Å²) in [6, 6.07) is 3.66. The first kappa shape index (κ1) is 11.5. The lowest BCUT2D eigenvalue weighted by atomic mass is 10.2. The van der Waals surface area contributed by atoms with Gasteiger partial charge in [0.2, 0.25) is 0 Å². The zero-order chi connectivity index (χ0) is 12.4. The highest BCUT2D eigenvalue weighted by Crippen LogP contribution is 2.06. The van der Waals surface area contributed by atoms with E-state index in [1.54, 1.807) is 36.3 Å². The van der Waals surface area contributed by atoms with Crippen molar-refractivity contribution in [2.75, 3.05) is 0 Å². The van der Waals surface area contributed by atoms with Gasteiger partial charge in [-0.1, -0.05) is 18.3 Å². The molecule has 0 spiro atoms. The Labute approximate surface area is 104 Å². The molecule has 0 aliphatic rings. The van der Waals surface area contributed by atoms with E-state index in [2.05, 4.69) is 4.98 Å². The standard InChI is InChI=1S/C11H12N4OS/c1-14-5-6-15(11(14)16)7-8-3-2-4-13-9(8)10(12)17/h2-6H,7H2,1H3,(H2,12,17). The Morgan fingerprint density at radius 3 is 2.88 bits per heavy atom. The van der Waals surface area contributed by atoms with Crippen LogP contribution in [0.1, 0.15) is 11.3 Å². The quantitative estimate of drug-likeness (QED) is 0.792. The summed E-state index contributed by atoms with van der Waals surface area (Å²) < 4.78 is 3.09. The van der Waals surface area contributed by atoms with Gasteiger partial charge in [0.1, 0.15) is 10.7 Å². The fraction of sp³-hybridized carbons (Fsp3) is 0.182. The highest BCUT2D eigenvalue weighted by molar-refractivity contribution is 7.80. The molecule has 0 fully saturated rings. The summed E-state index contributed by atoms with van der Waals surface area (Å²) in [4.78, 5) is 16.1. The van der Waals surface area contributed by atoms with Crippen LogP contribution in [0.4, 0.5) is 0 Å². The van der Waals surface area contributed by atoms with Gasteiger partial charge in [0.25, 0.3) is 0 Å². The van der Waals surface area contributed by atoms with Gasteiger partial charge < -0.3 is 10.3 Å². The van der Waals surface area contributed by atoms with Crippen molar-refractivity contribution in [2.24, 2.45) is 12.8 Å². The molecule has 0 aromatic carbocycles. The van der Waals surface area contributed by atoms with Crippen molar-refractivity contribution in [3.05, 3.63) is 52.5 Å². The first-order valence-corrected chi connectivity index (χ1v) is 5.46. The highest BCUT2D eigenvalue weighted by atomic mass is 32.1. The van der Waals surface area contributed by atoms with E-state index in [4.69, 9.17) is 18.0 Å². The molecule has 0 bridgehead atoms. The summed E-state index contributed by atoms with van der Waals surface area (Å²) in [6.07, 6.45) is 5.06. The molecule has 6 heteroatoms. The summed E-state index contributed by atoms with van der Waals surface area (Å²) in [5.74, 6) is 0. The summed E-state index contributed by atoms with van der Waals surface area (Å²) >= 11 is 4.93. The van der Waals surface area contributed by atoms with E-state index in [1.807, 2.05) is 6.07 Å². The van der Waals surface area contributed by atoms with Crippen molar-refractivity contribution in [1.29, 1.82) is 0 Å². The number of hydrogen-bond donors (Lipinski definition) is 1. The highest BCUT2D eigenvalue weighted by Gasteiger charge is 2.08. The molecule has 0 unspecified atom stereocenters. The Balaban J connectivity index is 2.40. The van der Waals surface area contributed by atoms with Gasteiger partial charge in [-0.05, 0) is 6.07 Å². The number of imidazole rings is 1. The molecule has 0 saturated carbocycles. The Morgan fingerprint density at radius 2 is 2.29 bits per heavy atom. The molecule has 0 aliphatic heterocycles. The predicted molar refractivity (Wildman–Crippen MR) is 68.9 cm³/mol. The monoisotopic (exact) mass is 248 g/mol. The third-order valence-corrected chi connectivity index (χ3v) is 2.68. The molecular formula is C11H12N4OS. The van der Waals surface area contributed by atoms with Crippen LogP contribution in [0.5, 0.6) is 0 Å². The van der Waals surface area contributed by atoms with Gasteiger partial charge in [0.15, 0.2) is 0 Å². The molecule has 0 atom stereocenters. The van der Waals surface area contributed by atoms with Crippen LogP contribution in [0.15, 0.2) is 35.5 Å². The average molecular weight is 248 g/mol. The zero-order valence-electron chi connectivity index (χ0n) is 9.33. The van der Waals surface area contributed by atoms with Gasteiger partial charge in [0, 0.05) is 31.2 Å². The topological polar surface area (TPSA) is 65.8 Å². The SMILES string of the molecule is Cn1ccn(Cc2cccnc2C(N)=S)c1=O. The van der Waals surface area contributed by atoms with Gasteiger partial charge in [-0.3, -0.25) is 9.55 Å². The fourth-order valence-corrected chi connectivity index (χ4v) is 1.79. The Bertz CT molecular complexity index is 614. The predicted octanol–water partition coefficient (Wildman–Crippen LogP) is 0.264. The molecule has 0 amide bonds. The van der Waals surface area contributed by atoms with Crippen molar-refractivity contribution in [1.82, 2.24) is 14.1 Å². The maximum Gasteiger partial charge on any atom is 0.328 e. The van der Waals surface area contributed by atoms with Gasteiger partial charge in [0.05, 0.1) is 6.54 Å². The first-order valence-electron chi connectivity index (χ1n) is 5.05. The molecule has 17 heavy (non-hydrogen) atoms. The molecule has 2 aromatic heterocycles. The van der Waals surface area contributed by atoms with Crippen molar-refractivity contribution in [2.45, 2.75) is 6.54 Å². The molecule has 0 radical (unpaired) electrons. The van der Waals surface area contributed by atoms with Crippen LogP contribution in [0.25, 0.3) is 0 Å². The van der Waals surface area contributed by atoms with Crippen molar-refractivity contribution in [3.63, 3.8) is 0 Å². The number of nitrogens with zero attached hydrogens (tertiary/aromatic N) is 3. The zero-order valence-corrected chi connectivity index (χ0v) is 10.1. The Hall–Kier alpha value is -1.95. The second kappa shape index (κ2) is 4.50. The lowest BCUT2D eigenvalue weighted by Gasteiger charge is -2.06. The van der Waals surface area contributed by atoms with E-state index in [-0.39, 0.29) is 10.7 Å². The molecule has 2 aromatic rings. The fourth-order valence-electron chi connectivity index (χ4n) is 1.60. The Kier molecular flexibility index (Phi) is 3.06. The third kappa shape index (κ3) is 2.26. The largest absolute Gasteiger partial charge is 0.388 e. The van der Waals surface area contributed by atoms with E-state index in [0.29, 0.717) is 12.2 Å². The van der Waals surface area contributed by atoms with Gasteiger partial charge in [-0.15, -0.1) is 0 Å². The molecule has 2 heterocycles.